The van der Waals surface area contributed by atoms with Gasteiger partial charge in [0.1, 0.15) is 5.75 Å². The van der Waals surface area contributed by atoms with Crippen molar-refractivity contribution in [2.45, 2.75) is 50.3 Å². The third-order valence-corrected chi connectivity index (χ3v) is 6.30. The molecular weight excluding hydrogens is 392 g/mol. The molecule has 0 aliphatic carbocycles. The lowest BCUT2D eigenvalue weighted by atomic mass is 10.0. The van der Waals surface area contributed by atoms with Crippen LogP contribution in [0.1, 0.15) is 43.2 Å². The van der Waals surface area contributed by atoms with E-state index in [0.29, 0.717) is 24.9 Å². The Morgan fingerprint density at radius 1 is 1.07 bits per heavy atom. The van der Waals surface area contributed by atoms with E-state index in [1.807, 2.05) is 24.3 Å². The van der Waals surface area contributed by atoms with Crippen LogP contribution in [-0.4, -0.2) is 37.4 Å². The van der Waals surface area contributed by atoms with Crippen molar-refractivity contribution in [1.29, 1.82) is 0 Å². The molecular formula is C25H34N2O2S. The van der Waals surface area contributed by atoms with E-state index < -0.39 is 0 Å². The van der Waals surface area contributed by atoms with Gasteiger partial charge in [0, 0.05) is 18.3 Å². The number of nitrogens with one attached hydrogen (secondary N) is 2. The molecule has 5 heteroatoms. The van der Waals surface area contributed by atoms with Gasteiger partial charge < -0.3 is 15.4 Å². The summed E-state index contributed by atoms with van der Waals surface area (Å²) in [5.74, 6) is 2.37. The second kappa shape index (κ2) is 13.3. The van der Waals surface area contributed by atoms with Crippen molar-refractivity contribution in [3.63, 3.8) is 0 Å². The summed E-state index contributed by atoms with van der Waals surface area (Å²) in [6.45, 7) is 2.40. The van der Waals surface area contributed by atoms with Gasteiger partial charge in [0.25, 0.3) is 0 Å². The van der Waals surface area contributed by atoms with E-state index in [9.17, 15) is 4.79 Å². The number of amides is 1. The minimum Gasteiger partial charge on any atom is -0.494 e. The molecule has 0 bridgehead atoms. The Labute approximate surface area is 185 Å². The Morgan fingerprint density at radius 3 is 2.83 bits per heavy atom. The zero-order valence-corrected chi connectivity index (χ0v) is 18.6. The molecule has 0 aromatic heterocycles. The fraction of sp³-hybridized carbons (Fsp3) is 0.480. The predicted molar refractivity (Wildman–Crippen MR) is 126 cm³/mol. The van der Waals surface area contributed by atoms with Gasteiger partial charge in [-0.25, -0.2) is 0 Å². The van der Waals surface area contributed by atoms with Crippen LogP contribution < -0.4 is 15.4 Å². The van der Waals surface area contributed by atoms with Gasteiger partial charge in [-0.1, -0.05) is 55.3 Å². The molecule has 1 atom stereocenters. The highest BCUT2D eigenvalue weighted by atomic mass is 32.2. The Kier molecular flexibility index (Phi) is 10.1. The first-order chi connectivity index (χ1) is 14.8. The summed E-state index contributed by atoms with van der Waals surface area (Å²) >= 11 is 1.64. The van der Waals surface area contributed by atoms with Crippen molar-refractivity contribution in [2.24, 2.45) is 0 Å². The summed E-state index contributed by atoms with van der Waals surface area (Å²) in [5, 5.41) is 6.64. The van der Waals surface area contributed by atoms with Crippen molar-refractivity contribution in [3.8, 4) is 5.75 Å². The van der Waals surface area contributed by atoms with Crippen molar-refractivity contribution < 1.29 is 9.53 Å². The lowest BCUT2D eigenvalue weighted by molar-refractivity contribution is -0.118. The minimum atomic E-state index is 0.0915. The Hall–Kier alpha value is -1.98. The number of hydrogen-bond acceptors (Lipinski definition) is 4. The van der Waals surface area contributed by atoms with Gasteiger partial charge in [0.15, 0.2) is 0 Å². The van der Waals surface area contributed by atoms with Gasteiger partial charge in [-0.05, 0) is 55.5 Å². The van der Waals surface area contributed by atoms with Crippen molar-refractivity contribution in [3.05, 3.63) is 65.7 Å². The molecule has 1 fully saturated rings. The molecule has 30 heavy (non-hydrogen) atoms. The molecule has 4 nitrogen and oxygen atoms in total. The van der Waals surface area contributed by atoms with Crippen molar-refractivity contribution in [1.82, 2.24) is 10.6 Å². The van der Waals surface area contributed by atoms with Crippen LogP contribution in [0.2, 0.25) is 0 Å². The summed E-state index contributed by atoms with van der Waals surface area (Å²) in [5.41, 5.74) is 2.58. The fourth-order valence-corrected chi connectivity index (χ4v) is 4.52. The summed E-state index contributed by atoms with van der Waals surface area (Å²) in [6, 6.07) is 19.3. The van der Waals surface area contributed by atoms with Crippen LogP contribution >= 0.6 is 11.8 Å². The molecule has 0 spiro atoms. The summed E-state index contributed by atoms with van der Waals surface area (Å²) in [7, 11) is 0. The number of thioether (sulfide) groups is 1. The fourth-order valence-electron chi connectivity index (χ4n) is 3.70. The van der Waals surface area contributed by atoms with Crippen LogP contribution in [0.4, 0.5) is 0 Å². The highest BCUT2D eigenvalue weighted by Crippen LogP contribution is 2.18. The Balaban J connectivity index is 1.27. The maximum absolute atomic E-state index is 11.9. The predicted octanol–water partition coefficient (Wildman–Crippen LogP) is 4.58. The minimum absolute atomic E-state index is 0.0915. The number of benzene rings is 2. The number of carbonyl (C=O) groups is 1. The topological polar surface area (TPSA) is 50.4 Å². The zero-order chi connectivity index (χ0) is 20.9. The smallest absolute Gasteiger partial charge is 0.230 e. The molecule has 1 amide bonds. The molecule has 1 heterocycles. The largest absolute Gasteiger partial charge is 0.494 e. The zero-order valence-electron chi connectivity index (χ0n) is 17.8. The molecule has 1 aliphatic rings. The van der Waals surface area contributed by atoms with Crippen LogP contribution in [0, 0.1) is 0 Å². The highest BCUT2D eigenvalue weighted by molar-refractivity contribution is 7.99. The second-order valence-electron chi connectivity index (χ2n) is 7.88. The van der Waals surface area contributed by atoms with Crippen LogP contribution in [-0.2, 0) is 17.0 Å². The number of carbonyl (C=O) groups excluding carboxylic acids is 1. The maximum Gasteiger partial charge on any atom is 0.230 e. The molecule has 162 valence electrons. The molecule has 0 saturated carbocycles. The first-order valence-corrected chi connectivity index (χ1v) is 12.3. The van der Waals surface area contributed by atoms with Crippen molar-refractivity contribution >= 4 is 17.7 Å². The van der Waals surface area contributed by atoms with E-state index in [-0.39, 0.29) is 5.91 Å². The second-order valence-corrected chi connectivity index (χ2v) is 8.87. The van der Waals surface area contributed by atoms with E-state index in [1.54, 1.807) is 11.8 Å². The number of hydrogen-bond donors (Lipinski definition) is 2. The third kappa shape index (κ3) is 8.80. The van der Waals surface area contributed by atoms with E-state index in [2.05, 4.69) is 41.0 Å². The van der Waals surface area contributed by atoms with E-state index in [1.165, 1.54) is 36.8 Å². The summed E-state index contributed by atoms with van der Waals surface area (Å²) in [6.07, 6.45) is 7.09. The molecule has 2 aromatic carbocycles. The molecule has 2 aromatic rings. The SMILES string of the molecule is O=C(CSCc1ccccc1)NCCCOc1cccc(CC2CCCCCN2)c1. The summed E-state index contributed by atoms with van der Waals surface area (Å²) in [4.78, 5) is 11.9. The van der Waals surface area contributed by atoms with Crippen LogP contribution in [0.25, 0.3) is 0 Å². The van der Waals surface area contributed by atoms with E-state index in [4.69, 9.17) is 4.74 Å². The van der Waals surface area contributed by atoms with Crippen molar-refractivity contribution in [2.75, 3.05) is 25.4 Å². The third-order valence-electron chi connectivity index (χ3n) is 5.30. The molecule has 1 unspecified atom stereocenters. The maximum atomic E-state index is 11.9. The normalized spacial score (nSPS) is 16.6. The van der Waals surface area contributed by atoms with Gasteiger partial charge in [0.2, 0.25) is 5.91 Å². The lowest BCUT2D eigenvalue weighted by Crippen LogP contribution is -2.30. The lowest BCUT2D eigenvalue weighted by Gasteiger charge is -2.16. The average Bonchev–Trinajstić information content (AvgIpc) is 3.03. The van der Waals surface area contributed by atoms with E-state index in [0.717, 1.165) is 30.9 Å². The van der Waals surface area contributed by atoms with Gasteiger partial charge in [-0.15, -0.1) is 11.8 Å². The molecule has 1 saturated heterocycles. The molecule has 1 aliphatic heterocycles. The van der Waals surface area contributed by atoms with Crippen LogP contribution in [0.15, 0.2) is 54.6 Å². The first-order valence-electron chi connectivity index (χ1n) is 11.1. The Morgan fingerprint density at radius 2 is 1.93 bits per heavy atom. The summed E-state index contributed by atoms with van der Waals surface area (Å²) < 4.78 is 5.90. The standard InChI is InChI=1S/C25H34N2O2S/c28-25(20-30-19-21-9-3-1-4-10-21)27-15-8-16-29-24-13-7-11-22(18-24)17-23-12-5-2-6-14-26-23/h1,3-4,7,9-11,13,18,23,26H,2,5-6,8,12,14-17,19-20H2,(H,27,28). The average molecular weight is 427 g/mol. The quantitative estimate of drug-likeness (QED) is 0.517. The highest BCUT2D eigenvalue weighted by Gasteiger charge is 2.12. The van der Waals surface area contributed by atoms with Gasteiger partial charge in [0.05, 0.1) is 12.4 Å². The van der Waals surface area contributed by atoms with Crippen LogP contribution in [0.5, 0.6) is 5.75 Å². The van der Waals surface area contributed by atoms with Gasteiger partial charge >= 0.3 is 0 Å². The first kappa shape index (κ1) is 22.7. The Bertz CT molecular complexity index is 746. The molecule has 2 N–H and O–H groups in total. The van der Waals surface area contributed by atoms with Gasteiger partial charge in [-0.3, -0.25) is 4.79 Å². The molecule has 0 radical (unpaired) electrons. The molecule has 3 rings (SSSR count). The number of ether oxygens (including phenoxy) is 1. The monoisotopic (exact) mass is 426 g/mol. The van der Waals surface area contributed by atoms with E-state index >= 15 is 0 Å². The van der Waals surface area contributed by atoms with Gasteiger partial charge in [-0.2, -0.15) is 0 Å². The number of rotatable bonds is 11. The van der Waals surface area contributed by atoms with Crippen LogP contribution in [0.3, 0.4) is 0 Å².